The van der Waals surface area contributed by atoms with Gasteiger partial charge in [0, 0.05) is 0 Å². The molecule has 1 aromatic heterocycles. The van der Waals surface area contributed by atoms with Crippen LogP contribution in [-0.4, -0.2) is 6.54 Å². The number of aryl methyl sites for hydroxylation is 2. The van der Waals surface area contributed by atoms with Gasteiger partial charge in [-0.05, 0) is 60.4 Å². The molecule has 0 amide bonds. The van der Waals surface area contributed by atoms with Gasteiger partial charge in [-0.2, -0.15) is 0 Å². The molecule has 1 unspecified atom stereocenters. The maximum absolute atomic E-state index is 5.69. The highest BCUT2D eigenvalue weighted by atomic mass is 79.9. The number of hydrogen-bond donors (Lipinski definition) is 1. The summed E-state index contributed by atoms with van der Waals surface area (Å²) in [6.45, 7) is 7.32. The molecule has 1 heterocycles. The Morgan fingerprint density at radius 3 is 2.37 bits per heavy atom. The molecule has 3 heteroatoms. The molecule has 0 aliphatic rings. The second kappa shape index (κ2) is 6.40. The highest BCUT2D eigenvalue weighted by molar-refractivity contribution is 9.10. The number of rotatable bonds is 5. The molecule has 0 radical (unpaired) electrons. The fraction of sp³-hybridized carbons (Fsp3) is 0.375. The van der Waals surface area contributed by atoms with Crippen LogP contribution in [0.2, 0.25) is 0 Å². The van der Waals surface area contributed by atoms with Gasteiger partial charge < -0.3 is 9.73 Å². The molecule has 0 aliphatic heterocycles. The standard InChI is InChI=1S/C16H20BrNO/c1-4-18-14(15-5-6-16(17)19-15)10-13-8-11(2)7-12(3)9-13/h5-9,14,18H,4,10H2,1-3H3. The molecule has 0 aliphatic carbocycles. The van der Waals surface area contributed by atoms with Crippen LogP contribution in [0.5, 0.6) is 0 Å². The number of nitrogens with one attached hydrogen (secondary N) is 1. The Kier molecular flexibility index (Phi) is 4.83. The molecule has 1 N–H and O–H groups in total. The number of likely N-dealkylation sites (N-methyl/N-ethyl adjacent to an activating group) is 1. The lowest BCUT2D eigenvalue weighted by molar-refractivity contribution is 0.405. The van der Waals surface area contributed by atoms with Gasteiger partial charge in [-0.1, -0.05) is 36.2 Å². The van der Waals surface area contributed by atoms with E-state index in [-0.39, 0.29) is 6.04 Å². The maximum atomic E-state index is 5.69. The minimum atomic E-state index is 0.220. The fourth-order valence-corrected chi connectivity index (χ4v) is 2.78. The zero-order valence-corrected chi connectivity index (χ0v) is 13.3. The Balaban J connectivity index is 2.20. The molecule has 1 aromatic carbocycles. The SMILES string of the molecule is CCNC(Cc1cc(C)cc(C)c1)c1ccc(Br)o1. The van der Waals surface area contributed by atoms with Crippen molar-refractivity contribution in [2.45, 2.75) is 33.2 Å². The number of furan rings is 1. The molecular formula is C16H20BrNO. The third kappa shape index (κ3) is 3.95. The summed E-state index contributed by atoms with van der Waals surface area (Å²) in [6.07, 6.45) is 0.941. The molecule has 0 saturated carbocycles. The topological polar surface area (TPSA) is 25.2 Å². The Bertz CT molecular complexity index is 527. The van der Waals surface area contributed by atoms with E-state index in [0.29, 0.717) is 0 Å². The van der Waals surface area contributed by atoms with E-state index in [2.05, 4.69) is 60.2 Å². The van der Waals surface area contributed by atoms with E-state index in [9.17, 15) is 0 Å². The monoisotopic (exact) mass is 321 g/mol. The third-order valence-corrected chi connectivity index (χ3v) is 3.54. The van der Waals surface area contributed by atoms with Crippen LogP contribution >= 0.6 is 15.9 Å². The van der Waals surface area contributed by atoms with E-state index in [1.54, 1.807) is 0 Å². The van der Waals surface area contributed by atoms with Gasteiger partial charge in [-0.25, -0.2) is 0 Å². The quantitative estimate of drug-likeness (QED) is 0.873. The minimum Gasteiger partial charge on any atom is -0.453 e. The van der Waals surface area contributed by atoms with Crippen LogP contribution in [0.15, 0.2) is 39.4 Å². The van der Waals surface area contributed by atoms with E-state index in [1.165, 1.54) is 16.7 Å². The summed E-state index contributed by atoms with van der Waals surface area (Å²) in [5.41, 5.74) is 3.97. The Morgan fingerprint density at radius 1 is 1.16 bits per heavy atom. The Labute approximate surface area is 123 Å². The Morgan fingerprint density at radius 2 is 1.84 bits per heavy atom. The van der Waals surface area contributed by atoms with Crippen molar-refractivity contribution in [2.75, 3.05) is 6.54 Å². The van der Waals surface area contributed by atoms with E-state index >= 15 is 0 Å². The van der Waals surface area contributed by atoms with Crippen molar-refractivity contribution in [2.24, 2.45) is 0 Å². The average Bonchev–Trinajstić information content (AvgIpc) is 2.74. The van der Waals surface area contributed by atoms with Gasteiger partial charge in [0.05, 0.1) is 6.04 Å². The van der Waals surface area contributed by atoms with Crippen LogP contribution < -0.4 is 5.32 Å². The lowest BCUT2D eigenvalue weighted by Gasteiger charge is -2.16. The van der Waals surface area contributed by atoms with E-state index < -0.39 is 0 Å². The van der Waals surface area contributed by atoms with Crippen molar-refractivity contribution in [3.63, 3.8) is 0 Å². The van der Waals surface area contributed by atoms with Crippen LogP contribution in [0.25, 0.3) is 0 Å². The summed E-state index contributed by atoms with van der Waals surface area (Å²) in [5, 5.41) is 3.49. The first-order valence-electron chi connectivity index (χ1n) is 6.64. The van der Waals surface area contributed by atoms with Gasteiger partial charge in [0.15, 0.2) is 4.67 Å². The van der Waals surface area contributed by atoms with Crippen molar-refractivity contribution >= 4 is 15.9 Å². The van der Waals surface area contributed by atoms with Gasteiger partial charge >= 0.3 is 0 Å². The van der Waals surface area contributed by atoms with Crippen LogP contribution in [0.1, 0.15) is 35.4 Å². The van der Waals surface area contributed by atoms with Crippen molar-refractivity contribution in [3.05, 3.63) is 57.5 Å². The molecule has 0 spiro atoms. The average molecular weight is 322 g/mol. The van der Waals surface area contributed by atoms with Gasteiger partial charge in [0.2, 0.25) is 0 Å². The second-order valence-electron chi connectivity index (χ2n) is 4.95. The van der Waals surface area contributed by atoms with Gasteiger partial charge in [-0.3, -0.25) is 0 Å². The van der Waals surface area contributed by atoms with Gasteiger partial charge in [0.1, 0.15) is 5.76 Å². The first-order chi connectivity index (χ1) is 9.08. The molecular weight excluding hydrogens is 302 g/mol. The van der Waals surface area contributed by atoms with E-state index in [0.717, 1.165) is 23.4 Å². The number of hydrogen-bond acceptors (Lipinski definition) is 2. The lowest BCUT2D eigenvalue weighted by Crippen LogP contribution is -2.22. The first-order valence-corrected chi connectivity index (χ1v) is 7.43. The van der Waals surface area contributed by atoms with Crippen molar-refractivity contribution in [1.82, 2.24) is 5.32 Å². The maximum Gasteiger partial charge on any atom is 0.169 e. The zero-order chi connectivity index (χ0) is 13.8. The minimum absolute atomic E-state index is 0.220. The normalized spacial score (nSPS) is 12.6. The molecule has 102 valence electrons. The molecule has 1 atom stereocenters. The molecule has 0 fully saturated rings. The molecule has 0 bridgehead atoms. The third-order valence-electron chi connectivity index (χ3n) is 3.11. The summed E-state index contributed by atoms with van der Waals surface area (Å²) in [6, 6.07) is 10.9. The fourth-order valence-electron chi connectivity index (χ4n) is 2.46. The molecule has 19 heavy (non-hydrogen) atoms. The molecule has 2 nitrogen and oxygen atoms in total. The highest BCUT2D eigenvalue weighted by Crippen LogP contribution is 2.24. The zero-order valence-electron chi connectivity index (χ0n) is 11.7. The first kappa shape index (κ1) is 14.4. The van der Waals surface area contributed by atoms with E-state index in [4.69, 9.17) is 4.42 Å². The van der Waals surface area contributed by atoms with Crippen molar-refractivity contribution < 1.29 is 4.42 Å². The lowest BCUT2D eigenvalue weighted by atomic mass is 10.00. The van der Waals surface area contributed by atoms with Crippen LogP contribution in [0, 0.1) is 13.8 Å². The summed E-state index contributed by atoms with van der Waals surface area (Å²) in [5.74, 6) is 0.980. The molecule has 2 aromatic rings. The van der Waals surface area contributed by atoms with Gasteiger partial charge in [-0.15, -0.1) is 0 Å². The second-order valence-corrected chi connectivity index (χ2v) is 5.73. The molecule has 0 saturated heterocycles. The van der Waals surface area contributed by atoms with Crippen molar-refractivity contribution in [3.8, 4) is 0 Å². The van der Waals surface area contributed by atoms with Crippen LogP contribution in [0.4, 0.5) is 0 Å². The predicted molar refractivity (Wildman–Crippen MR) is 82.4 cm³/mol. The molecule has 2 rings (SSSR count). The predicted octanol–water partition coefficient (Wildman–Crippen LogP) is 4.55. The van der Waals surface area contributed by atoms with Crippen molar-refractivity contribution in [1.29, 1.82) is 0 Å². The summed E-state index contributed by atoms with van der Waals surface area (Å²) < 4.78 is 6.47. The Hall–Kier alpha value is -1.06. The number of halogens is 1. The number of benzene rings is 1. The summed E-state index contributed by atoms with van der Waals surface area (Å²) in [4.78, 5) is 0. The van der Waals surface area contributed by atoms with Gasteiger partial charge in [0.25, 0.3) is 0 Å². The summed E-state index contributed by atoms with van der Waals surface area (Å²) >= 11 is 3.37. The highest BCUT2D eigenvalue weighted by Gasteiger charge is 2.15. The van der Waals surface area contributed by atoms with Crippen LogP contribution in [0.3, 0.4) is 0 Å². The van der Waals surface area contributed by atoms with Crippen LogP contribution in [-0.2, 0) is 6.42 Å². The smallest absolute Gasteiger partial charge is 0.169 e. The largest absolute Gasteiger partial charge is 0.453 e. The van der Waals surface area contributed by atoms with E-state index in [1.807, 2.05) is 12.1 Å². The summed E-state index contributed by atoms with van der Waals surface area (Å²) in [7, 11) is 0.